The Morgan fingerprint density at radius 2 is 1.70 bits per heavy atom. The van der Waals surface area contributed by atoms with Crippen molar-refractivity contribution in [2.45, 2.75) is 30.4 Å². The SMILES string of the molecule is CCCOc1nc2ccccc2nc1C(C#N)S(=O)(=O)c1ccc(C)cc1. The van der Waals surface area contributed by atoms with E-state index in [1.54, 1.807) is 30.3 Å². The molecule has 0 aliphatic rings. The van der Waals surface area contributed by atoms with E-state index in [2.05, 4.69) is 9.97 Å². The molecule has 3 aromatic rings. The molecule has 1 heterocycles. The second-order valence-electron chi connectivity index (χ2n) is 6.12. The molecule has 7 heteroatoms. The third-order valence-corrected chi connectivity index (χ3v) is 5.91. The zero-order valence-electron chi connectivity index (χ0n) is 15.1. The topological polar surface area (TPSA) is 92.9 Å². The Morgan fingerprint density at radius 1 is 1.07 bits per heavy atom. The molecule has 27 heavy (non-hydrogen) atoms. The van der Waals surface area contributed by atoms with E-state index < -0.39 is 15.1 Å². The lowest BCUT2D eigenvalue weighted by molar-refractivity contribution is 0.301. The number of fused-ring (bicyclic) bond motifs is 1. The van der Waals surface area contributed by atoms with Gasteiger partial charge in [-0.25, -0.2) is 18.4 Å². The van der Waals surface area contributed by atoms with Crippen molar-refractivity contribution in [3.8, 4) is 11.9 Å². The minimum absolute atomic E-state index is 0.0187. The molecule has 1 aromatic heterocycles. The maximum absolute atomic E-state index is 13.1. The van der Waals surface area contributed by atoms with Crippen molar-refractivity contribution in [2.75, 3.05) is 6.61 Å². The van der Waals surface area contributed by atoms with Crippen molar-refractivity contribution >= 4 is 20.9 Å². The third-order valence-electron chi connectivity index (χ3n) is 4.03. The fourth-order valence-corrected chi connectivity index (χ4v) is 3.99. The molecule has 0 N–H and O–H groups in total. The van der Waals surface area contributed by atoms with E-state index in [0.29, 0.717) is 17.6 Å². The Kier molecular flexibility index (Phi) is 5.38. The molecule has 0 bridgehead atoms. The molecule has 0 aliphatic carbocycles. The molecule has 138 valence electrons. The van der Waals surface area contributed by atoms with Gasteiger partial charge < -0.3 is 4.74 Å². The fraction of sp³-hybridized carbons (Fsp3) is 0.250. The van der Waals surface area contributed by atoms with Crippen LogP contribution in [0.4, 0.5) is 0 Å². The quantitative estimate of drug-likeness (QED) is 0.645. The number of nitrogens with zero attached hydrogens (tertiary/aromatic N) is 3. The zero-order valence-corrected chi connectivity index (χ0v) is 15.9. The monoisotopic (exact) mass is 381 g/mol. The number of sulfone groups is 1. The summed E-state index contributed by atoms with van der Waals surface area (Å²) in [7, 11) is -3.98. The van der Waals surface area contributed by atoms with Gasteiger partial charge in [-0.15, -0.1) is 0 Å². The predicted octanol–water partition coefficient (Wildman–Crippen LogP) is 3.77. The van der Waals surface area contributed by atoms with Gasteiger partial charge in [0.1, 0.15) is 5.69 Å². The van der Waals surface area contributed by atoms with Crippen LogP contribution in [0.25, 0.3) is 11.0 Å². The van der Waals surface area contributed by atoms with Crippen molar-refractivity contribution in [1.29, 1.82) is 5.26 Å². The molecule has 1 atom stereocenters. The summed E-state index contributed by atoms with van der Waals surface area (Å²) in [6.45, 7) is 4.14. The summed E-state index contributed by atoms with van der Waals surface area (Å²) in [5, 5.41) is 8.19. The van der Waals surface area contributed by atoms with Gasteiger partial charge in [0, 0.05) is 0 Å². The van der Waals surface area contributed by atoms with Gasteiger partial charge >= 0.3 is 0 Å². The molecule has 1 unspecified atom stereocenters. The highest BCUT2D eigenvalue weighted by molar-refractivity contribution is 7.92. The van der Waals surface area contributed by atoms with Gasteiger partial charge in [0.2, 0.25) is 15.7 Å². The van der Waals surface area contributed by atoms with Gasteiger partial charge in [-0.3, -0.25) is 0 Å². The largest absolute Gasteiger partial charge is 0.476 e. The van der Waals surface area contributed by atoms with E-state index in [1.807, 2.05) is 26.0 Å². The minimum Gasteiger partial charge on any atom is -0.476 e. The summed E-state index contributed by atoms with van der Waals surface area (Å²) < 4.78 is 31.8. The molecule has 0 aliphatic heterocycles. The highest BCUT2D eigenvalue weighted by Crippen LogP contribution is 2.33. The fourth-order valence-electron chi connectivity index (χ4n) is 2.61. The van der Waals surface area contributed by atoms with Gasteiger partial charge in [0.25, 0.3) is 0 Å². The Morgan fingerprint density at radius 3 is 2.30 bits per heavy atom. The van der Waals surface area contributed by atoms with Gasteiger partial charge in [0.05, 0.1) is 28.6 Å². The minimum atomic E-state index is -3.98. The Hall–Kier alpha value is -2.98. The van der Waals surface area contributed by atoms with Crippen molar-refractivity contribution in [1.82, 2.24) is 9.97 Å². The van der Waals surface area contributed by atoms with Crippen LogP contribution in [0.1, 0.15) is 29.9 Å². The van der Waals surface area contributed by atoms with E-state index in [9.17, 15) is 13.7 Å². The summed E-state index contributed by atoms with van der Waals surface area (Å²) in [6, 6.07) is 15.3. The second kappa shape index (κ2) is 7.72. The van der Waals surface area contributed by atoms with Crippen molar-refractivity contribution < 1.29 is 13.2 Å². The van der Waals surface area contributed by atoms with E-state index in [4.69, 9.17) is 4.74 Å². The lowest BCUT2D eigenvalue weighted by Crippen LogP contribution is -2.16. The van der Waals surface area contributed by atoms with Crippen LogP contribution in [-0.4, -0.2) is 25.0 Å². The first-order valence-corrected chi connectivity index (χ1v) is 10.1. The van der Waals surface area contributed by atoms with Crippen molar-refractivity contribution in [2.24, 2.45) is 0 Å². The number of ether oxygens (including phenoxy) is 1. The molecular formula is C20H19N3O3S. The lowest BCUT2D eigenvalue weighted by Gasteiger charge is -2.15. The molecular weight excluding hydrogens is 362 g/mol. The smallest absolute Gasteiger partial charge is 0.238 e. The average Bonchev–Trinajstić information content (AvgIpc) is 2.67. The second-order valence-corrected chi connectivity index (χ2v) is 8.15. The summed E-state index contributed by atoms with van der Waals surface area (Å²) in [5.41, 5.74) is 2.04. The average molecular weight is 381 g/mol. The Bertz CT molecular complexity index is 1100. The molecule has 0 amide bonds. The van der Waals surface area contributed by atoms with Crippen LogP contribution in [-0.2, 0) is 9.84 Å². The van der Waals surface area contributed by atoms with Crippen LogP contribution in [0.3, 0.4) is 0 Å². The Labute approximate surface area is 158 Å². The van der Waals surface area contributed by atoms with Gasteiger partial charge in [-0.1, -0.05) is 36.8 Å². The van der Waals surface area contributed by atoms with Crippen molar-refractivity contribution in [3.05, 3.63) is 59.8 Å². The summed E-state index contributed by atoms with van der Waals surface area (Å²) in [6.07, 6.45) is 0.718. The molecule has 0 radical (unpaired) electrons. The van der Waals surface area contributed by atoms with Crippen molar-refractivity contribution in [3.63, 3.8) is 0 Å². The van der Waals surface area contributed by atoms with Gasteiger partial charge in [0.15, 0.2) is 5.25 Å². The number of aromatic nitrogens is 2. The highest BCUT2D eigenvalue weighted by atomic mass is 32.2. The molecule has 0 saturated heterocycles. The first-order chi connectivity index (χ1) is 13.0. The van der Waals surface area contributed by atoms with E-state index >= 15 is 0 Å². The molecule has 0 spiro atoms. The number of aryl methyl sites for hydroxylation is 1. The van der Waals surface area contributed by atoms with Crippen LogP contribution in [0.5, 0.6) is 5.88 Å². The van der Waals surface area contributed by atoms with E-state index in [0.717, 1.165) is 12.0 Å². The Balaban J connectivity index is 2.17. The number of hydrogen-bond donors (Lipinski definition) is 0. The van der Waals surface area contributed by atoms with Crippen LogP contribution < -0.4 is 4.74 Å². The number of nitriles is 1. The molecule has 3 rings (SSSR count). The van der Waals surface area contributed by atoms with Crippen LogP contribution in [0, 0.1) is 18.3 Å². The molecule has 2 aromatic carbocycles. The summed E-state index contributed by atoms with van der Waals surface area (Å²) in [4.78, 5) is 8.89. The zero-order chi connectivity index (χ0) is 19.4. The first kappa shape index (κ1) is 18.8. The summed E-state index contributed by atoms with van der Waals surface area (Å²) in [5.74, 6) is 0.0813. The predicted molar refractivity (Wildman–Crippen MR) is 102 cm³/mol. The normalized spacial score (nSPS) is 12.5. The lowest BCUT2D eigenvalue weighted by atomic mass is 10.2. The highest BCUT2D eigenvalue weighted by Gasteiger charge is 2.34. The van der Waals surface area contributed by atoms with Gasteiger partial charge in [-0.05, 0) is 37.6 Å². The van der Waals surface area contributed by atoms with Crippen LogP contribution >= 0.6 is 0 Å². The maximum Gasteiger partial charge on any atom is 0.238 e. The first-order valence-electron chi connectivity index (χ1n) is 8.57. The summed E-state index contributed by atoms with van der Waals surface area (Å²) >= 11 is 0. The van der Waals surface area contributed by atoms with E-state index in [1.165, 1.54) is 12.1 Å². The number of para-hydroxylation sites is 2. The number of hydrogen-bond acceptors (Lipinski definition) is 6. The number of rotatable bonds is 6. The van der Waals surface area contributed by atoms with Crippen LogP contribution in [0.15, 0.2) is 53.4 Å². The van der Waals surface area contributed by atoms with E-state index in [-0.39, 0.29) is 16.5 Å². The van der Waals surface area contributed by atoms with Crippen LogP contribution in [0.2, 0.25) is 0 Å². The standard InChI is InChI=1S/C20H19N3O3S/c1-3-12-26-20-19(22-16-6-4-5-7-17(16)23-20)18(13-21)27(24,25)15-10-8-14(2)9-11-15/h4-11,18H,3,12H2,1-2H3. The van der Waals surface area contributed by atoms with Gasteiger partial charge in [-0.2, -0.15) is 5.26 Å². The third kappa shape index (κ3) is 3.76. The number of benzene rings is 2. The molecule has 0 saturated carbocycles. The maximum atomic E-state index is 13.1. The molecule has 0 fully saturated rings. The molecule has 6 nitrogen and oxygen atoms in total.